The van der Waals surface area contributed by atoms with Gasteiger partial charge >= 0.3 is 5.97 Å². The van der Waals surface area contributed by atoms with Crippen LogP contribution in [-0.4, -0.2) is 35.1 Å². The maximum atomic E-state index is 13.2. The van der Waals surface area contributed by atoms with Crippen molar-refractivity contribution < 1.29 is 19.4 Å². The molecule has 6 nitrogen and oxygen atoms in total. The minimum atomic E-state index is -1.86. The van der Waals surface area contributed by atoms with Gasteiger partial charge in [-0.2, -0.15) is 0 Å². The van der Waals surface area contributed by atoms with Crippen LogP contribution in [0, 0.1) is 0 Å². The molecule has 26 heavy (non-hydrogen) atoms. The first-order valence-electron chi connectivity index (χ1n) is 8.43. The average Bonchev–Trinajstić information content (AvgIpc) is 3.17. The normalized spacial score (nSPS) is 19.0. The van der Waals surface area contributed by atoms with Gasteiger partial charge in [-0.3, -0.25) is 14.5 Å². The third-order valence-electron chi connectivity index (χ3n) is 4.71. The number of hydrogen-bond donors (Lipinski definition) is 2. The van der Waals surface area contributed by atoms with E-state index in [2.05, 4.69) is 4.98 Å². The third-order valence-corrected chi connectivity index (χ3v) is 4.71. The summed E-state index contributed by atoms with van der Waals surface area (Å²) in [5, 5.41) is 12.3. The van der Waals surface area contributed by atoms with Gasteiger partial charge in [0.2, 0.25) is 0 Å². The number of carbonyl (C=O) groups excluding carboxylic acids is 2. The highest BCUT2D eigenvalue weighted by atomic mass is 16.5. The second-order valence-electron chi connectivity index (χ2n) is 6.17. The number of benzene rings is 2. The fraction of sp³-hybridized carbons (Fsp3) is 0.200. The topological polar surface area (TPSA) is 82.6 Å². The van der Waals surface area contributed by atoms with Gasteiger partial charge in [0.25, 0.3) is 5.91 Å². The first kappa shape index (κ1) is 16.4. The van der Waals surface area contributed by atoms with Gasteiger partial charge in [-0.25, -0.2) is 0 Å². The molecule has 1 aromatic heterocycles. The summed E-state index contributed by atoms with van der Waals surface area (Å²) in [6.45, 7) is 1.70. The van der Waals surface area contributed by atoms with Gasteiger partial charge in [-0.05, 0) is 19.1 Å². The first-order valence-corrected chi connectivity index (χ1v) is 8.43. The van der Waals surface area contributed by atoms with Crippen molar-refractivity contribution in [3.63, 3.8) is 0 Å². The van der Waals surface area contributed by atoms with Gasteiger partial charge in [0.05, 0.1) is 12.3 Å². The summed E-state index contributed by atoms with van der Waals surface area (Å²) in [4.78, 5) is 29.6. The van der Waals surface area contributed by atoms with Crippen LogP contribution in [-0.2, 0) is 19.9 Å². The molecule has 0 saturated heterocycles. The number of esters is 1. The lowest BCUT2D eigenvalue weighted by molar-refractivity contribution is -0.143. The summed E-state index contributed by atoms with van der Waals surface area (Å²) >= 11 is 0. The Bertz CT molecular complexity index is 1010. The number of aliphatic hydroxyl groups is 1. The lowest BCUT2D eigenvalue weighted by Crippen LogP contribution is -2.43. The van der Waals surface area contributed by atoms with Crippen molar-refractivity contribution in [3.05, 3.63) is 65.9 Å². The molecule has 0 bridgehead atoms. The SMILES string of the molecule is CCOC(=O)CN1C(=O)[C@@](O)(c2c[nH]c3ccccc23)c2ccccc21. The Morgan fingerprint density at radius 1 is 1.15 bits per heavy atom. The van der Waals surface area contributed by atoms with Crippen LogP contribution in [0.3, 0.4) is 0 Å². The average molecular weight is 350 g/mol. The standard InChI is InChI=1S/C20H18N2O4/c1-2-26-18(23)12-22-17-10-6-4-8-14(17)20(25,19(22)24)15-11-21-16-9-5-3-7-13(15)16/h3-11,21,25H,2,12H2,1H3/t20-/m0/s1. The molecule has 0 unspecified atom stereocenters. The van der Waals surface area contributed by atoms with E-state index in [9.17, 15) is 14.7 Å². The van der Waals surface area contributed by atoms with Crippen LogP contribution in [0.25, 0.3) is 10.9 Å². The first-order chi connectivity index (χ1) is 12.6. The number of rotatable bonds is 4. The van der Waals surface area contributed by atoms with Crippen molar-refractivity contribution in [2.45, 2.75) is 12.5 Å². The highest BCUT2D eigenvalue weighted by molar-refractivity contribution is 6.12. The fourth-order valence-corrected chi connectivity index (χ4v) is 3.56. The van der Waals surface area contributed by atoms with E-state index < -0.39 is 17.5 Å². The molecule has 6 heteroatoms. The van der Waals surface area contributed by atoms with Crippen LogP contribution < -0.4 is 4.90 Å². The molecule has 2 heterocycles. The van der Waals surface area contributed by atoms with Gasteiger partial charge in [0, 0.05) is 28.2 Å². The largest absolute Gasteiger partial charge is 0.465 e. The summed E-state index contributed by atoms with van der Waals surface area (Å²) < 4.78 is 4.98. The molecule has 1 atom stereocenters. The molecule has 3 aromatic rings. The highest BCUT2D eigenvalue weighted by Gasteiger charge is 2.52. The number of nitrogens with zero attached hydrogens (tertiary/aromatic N) is 1. The molecular formula is C20H18N2O4. The van der Waals surface area contributed by atoms with Crippen molar-refractivity contribution in [1.29, 1.82) is 0 Å². The number of H-pyrrole nitrogens is 1. The summed E-state index contributed by atoms with van der Waals surface area (Å²) in [5.41, 5.74) is 0.405. The van der Waals surface area contributed by atoms with Crippen LogP contribution in [0.5, 0.6) is 0 Å². The molecule has 2 N–H and O–H groups in total. The third kappa shape index (κ3) is 2.23. The Morgan fingerprint density at radius 2 is 1.88 bits per heavy atom. The number of fused-ring (bicyclic) bond motifs is 2. The van der Waals surface area contributed by atoms with Crippen molar-refractivity contribution in [2.75, 3.05) is 18.1 Å². The number of amides is 1. The lowest BCUT2D eigenvalue weighted by atomic mass is 9.87. The molecule has 1 aliphatic rings. The highest BCUT2D eigenvalue weighted by Crippen LogP contribution is 2.46. The number of ether oxygens (including phenoxy) is 1. The van der Waals surface area contributed by atoms with Gasteiger partial charge in [-0.1, -0.05) is 36.4 Å². The van der Waals surface area contributed by atoms with Gasteiger partial charge in [0.15, 0.2) is 5.60 Å². The van der Waals surface area contributed by atoms with Crippen molar-refractivity contribution in [1.82, 2.24) is 4.98 Å². The fourth-order valence-electron chi connectivity index (χ4n) is 3.56. The van der Waals surface area contributed by atoms with Crippen LogP contribution >= 0.6 is 0 Å². The number of para-hydroxylation sites is 2. The predicted octanol–water partition coefficient (Wildman–Crippen LogP) is 2.31. The zero-order chi connectivity index (χ0) is 18.3. The minimum Gasteiger partial charge on any atom is -0.465 e. The molecular weight excluding hydrogens is 332 g/mol. The van der Waals surface area contributed by atoms with Crippen LogP contribution in [0.4, 0.5) is 5.69 Å². The second-order valence-corrected chi connectivity index (χ2v) is 6.17. The van der Waals surface area contributed by atoms with E-state index in [0.717, 1.165) is 10.9 Å². The van der Waals surface area contributed by atoms with E-state index in [1.165, 1.54) is 4.90 Å². The number of anilines is 1. The van der Waals surface area contributed by atoms with E-state index in [4.69, 9.17) is 4.74 Å². The van der Waals surface area contributed by atoms with E-state index in [0.29, 0.717) is 16.8 Å². The maximum absolute atomic E-state index is 13.2. The van der Waals surface area contributed by atoms with Gasteiger partial charge in [-0.15, -0.1) is 0 Å². The van der Waals surface area contributed by atoms with Crippen molar-refractivity contribution >= 4 is 28.5 Å². The Kier molecular flexibility index (Phi) is 3.77. The molecule has 0 aliphatic carbocycles. The number of aromatic amines is 1. The van der Waals surface area contributed by atoms with E-state index in [1.807, 2.05) is 24.3 Å². The molecule has 4 rings (SSSR count). The molecule has 0 fully saturated rings. The smallest absolute Gasteiger partial charge is 0.326 e. The molecule has 132 valence electrons. The van der Waals surface area contributed by atoms with Gasteiger partial charge < -0.3 is 14.8 Å². The number of nitrogens with one attached hydrogen (secondary N) is 1. The quantitative estimate of drug-likeness (QED) is 0.708. The molecule has 2 aromatic carbocycles. The van der Waals surface area contributed by atoms with Crippen LogP contribution in [0.1, 0.15) is 18.1 Å². The van der Waals surface area contributed by atoms with E-state index in [-0.39, 0.29) is 13.2 Å². The van der Waals surface area contributed by atoms with Gasteiger partial charge in [0.1, 0.15) is 6.54 Å². The molecule has 1 aliphatic heterocycles. The van der Waals surface area contributed by atoms with Crippen molar-refractivity contribution in [3.8, 4) is 0 Å². The summed E-state index contributed by atoms with van der Waals surface area (Å²) in [7, 11) is 0. The van der Waals surface area contributed by atoms with Crippen LogP contribution in [0.15, 0.2) is 54.7 Å². The zero-order valence-corrected chi connectivity index (χ0v) is 14.2. The zero-order valence-electron chi connectivity index (χ0n) is 14.2. The van der Waals surface area contributed by atoms with E-state index >= 15 is 0 Å². The Hall–Kier alpha value is -3.12. The summed E-state index contributed by atoms with van der Waals surface area (Å²) in [6.07, 6.45) is 1.65. The molecule has 0 saturated carbocycles. The van der Waals surface area contributed by atoms with Crippen molar-refractivity contribution in [2.24, 2.45) is 0 Å². The minimum absolute atomic E-state index is 0.231. The Balaban J connectivity index is 1.86. The number of hydrogen-bond acceptors (Lipinski definition) is 4. The summed E-state index contributed by atoms with van der Waals surface area (Å²) in [5.74, 6) is -1.07. The van der Waals surface area contributed by atoms with E-state index in [1.54, 1.807) is 37.4 Å². The monoisotopic (exact) mass is 350 g/mol. The predicted molar refractivity (Wildman–Crippen MR) is 96.7 cm³/mol. The maximum Gasteiger partial charge on any atom is 0.326 e. The molecule has 0 spiro atoms. The number of carbonyl (C=O) groups is 2. The molecule has 1 amide bonds. The lowest BCUT2D eigenvalue weighted by Gasteiger charge is -2.22. The van der Waals surface area contributed by atoms with Crippen LogP contribution in [0.2, 0.25) is 0 Å². The molecule has 0 radical (unpaired) electrons. The Morgan fingerprint density at radius 3 is 2.69 bits per heavy atom. The number of aromatic nitrogens is 1. The Labute approximate surface area is 150 Å². The summed E-state index contributed by atoms with van der Waals surface area (Å²) in [6, 6.07) is 14.4. The second kappa shape index (κ2) is 6.00.